The van der Waals surface area contributed by atoms with Crippen LogP contribution in [0, 0.1) is 0 Å². The van der Waals surface area contributed by atoms with Crippen molar-refractivity contribution in [1.82, 2.24) is 0 Å². The minimum atomic E-state index is 0.255. The Hall–Kier alpha value is -2.74. The van der Waals surface area contributed by atoms with Gasteiger partial charge in [-0.1, -0.05) is 60.7 Å². The van der Waals surface area contributed by atoms with Crippen molar-refractivity contribution in [2.24, 2.45) is 9.98 Å². The molecule has 0 spiro atoms. The molecule has 2 nitrogen and oxygen atoms in total. The normalized spacial score (nSPS) is 17.9. The average molecular weight is 282 g/mol. The Kier molecular flexibility index (Phi) is 2.36. The van der Waals surface area contributed by atoms with Crippen molar-refractivity contribution in [3.05, 3.63) is 88.1 Å². The van der Waals surface area contributed by atoms with Crippen LogP contribution >= 0.6 is 0 Å². The van der Waals surface area contributed by atoms with Crippen LogP contribution in [0.15, 0.2) is 70.7 Å². The largest absolute Gasteiger partial charge is 0.260 e. The van der Waals surface area contributed by atoms with Crippen molar-refractivity contribution in [1.29, 1.82) is 0 Å². The molecule has 2 aliphatic rings. The molecule has 5 rings (SSSR count). The highest BCUT2D eigenvalue weighted by molar-refractivity contribution is 5.96. The molecule has 2 heteroatoms. The van der Waals surface area contributed by atoms with E-state index in [0.717, 1.165) is 10.7 Å². The molecule has 1 unspecified atom stereocenters. The van der Waals surface area contributed by atoms with E-state index >= 15 is 0 Å². The average Bonchev–Trinajstić information content (AvgIpc) is 3.05. The molecule has 22 heavy (non-hydrogen) atoms. The lowest BCUT2D eigenvalue weighted by Gasteiger charge is -2.21. The molecule has 104 valence electrons. The molecule has 1 heterocycles. The van der Waals surface area contributed by atoms with E-state index in [0.29, 0.717) is 6.67 Å². The molecule has 1 atom stereocenters. The van der Waals surface area contributed by atoms with Gasteiger partial charge in [-0.2, -0.15) is 0 Å². The maximum absolute atomic E-state index is 4.59. The molecule has 0 bridgehead atoms. The van der Waals surface area contributed by atoms with Gasteiger partial charge in [-0.05, 0) is 33.5 Å². The third-order valence-corrected chi connectivity index (χ3v) is 4.62. The summed E-state index contributed by atoms with van der Waals surface area (Å²) in [5, 5.41) is 4.76. The van der Waals surface area contributed by atoms with E-state index in [9.17, 15) is 0 Å². The number of rotatable bonds is 1. The second-order valence-corrected chi connectivity index (χ2v) is 5.80. The maximum Gasteiger partial charge on any atom is 0.130 e. The van der Waals surface area contributed by atoms with Crippen LogP contribution in [-0.2, 0) is 0 Å². The summed E-state index contributed by atoms with van der Waals surface area (Å²) in [5.74, 6) is 0.255. The van der Waals surface area contributed by atoms with Gasteiger partial charge in [0, 0.05) is 5.92 Å². The monoisotopic (exact) mass is 282 g/mol. The zero-order chi connectivity index (χ0) is 14.5. The Morgan fingerprint density at radius 2 is 1.64 bits per heavy atom. The summed E-state index contributed by atoms with van der Waals surface area (Å²) >= 11 is 0. The number of fused-ring (bicyclic) bond motifs is 1. The van der Waals surface area contributed by atoms with E-state index < -0.39 is 0 Å². The van der Waals surface area contributed by atoms with E-state index in [1.807, 2.05) is 0 Å². The molecular weight excluding hydrogens is 268 g/mol. The first-order valence-corrected chi connectivity index (χ1v) is 7.59. The Balaban J connectivity index is 1.84. The summed E-state index contributed by atoms with van der Waals surface area (Å²) < 4.78 is 0. The highest BCUT2D eigenvalue weighted by atomic mass is 15.0. The van der Waals surface area contributed by atoms with Crippen LogP contribution in [0.25, 0.3) is 16.8 Å². The lowest BCUT2D eigenvalue weighted by Crippen LogP contribution is -2.27. The quantitative estimate of drug-likeness (QED) is 0.655. The zero-order valence-electron chi connectivity index (χ0n) is 12.0. The molecule has 0 radical (unpaired) electrons. The van der Waals surface area contributed by atoms with Gasteiger partial charge in [-0.25, -0.2) is 0 Å². The minimum Gasteiger partial charge on any atom is -0.260 e. The van der Waals surface area contributed by atoms with Crippen molar-refractivity contribution >= 4 is 16.8 Å². The van der Waals surface area contributed by atoms with Crippen molar-refractivity contribution < 1.29 is 0 Å². The summed E-state index contributed by atoms with van der Waals surface area (Å²) in [7, 11) is 0. The maximum atomic E-state index is 4.59. The third kappa shape index (κ3) is 1.55. The Morgan fingerprint density at radius 1 is 0.818 bits per heavy atom. The van der Waals surface area contributed by atoms with Crippen LogP contribution in [-0.4, -0.2) is 6.67 Å². The first kappa shape index (κ1) is 11.9. The van der Waals surface area contributed by atoms with Gasteiger partial charge in [0.2, 0.25) is 0 Å². The molecule has 1 aliphatic heterocycles. The molecule has 0 fully saturated rings. The molecule has 3 aromatic carbocycles. The summed E-state index contributed by atoms with van der Waals surface area (Å²) in [6, 6.07) is 19.4. The van der Waals surface area contributed by atoms with Crippen LogP contribution < -0.4 is 10.7 Å². The zero-order valence-corrected chi connectivity index (χ0v) is 12.0. The van der Waals surface area contributed by atoms with Gasteiger partial charge in [0.05, 0.1) is 10.7 Å². The molecular formula is C20H14N2. The van der Waals surface area contributed by atoms with Gasteiger partial charge in [0.15, 0.2) is 0 Å². The van der Waals surface area contributed by atoms with E-state index in [1.165, 1.54) is 27.5 Å². The molecule has 0 amide bonds. The van der Waals surface area contributed by atoms with Crippen LogP contribution in [0.4, 0.5) is 0 Å². The fourth-order valence-electron chi connectivity index (χ4n) is 3.65. The van der Waals surface area contributed by atoms with E-state index in [4.69, 9.17) is 0 Å². The number of para-hydroxylation sites is 1. The van der Waals surface area contributed by atoms with Gasteiger partial charge in [-0.3, -0.25) is 9.98 Å². The minimum absolute atomic E-state index is 0.255. The Labute approximate surface area is 128 Å². The van der Waals surface area contributed by atoms with E-state index in [-0.39, 0.29) is 5.92 Å². The van der Waals surface area contributed by atoms with Crippen molar-refractivity contribution in [2.45, 2.75) is 5.92 Å². The van der Waals surface area contributed by atoms with Crippen molar-refractivity contribution in [3.63, 3.8) is 0 Å². The van der Waals surface area contributed by atoms with Crippen LogP contribution in [0.2, 0.25) is 0 Å². The summed E-state index contributed by atoms with van der Waals surface area (Å²) in [4.78, 5) is 9.05. The summed E-state index contributed by atoms with van der Waals surface area (Å²) in [6.07, 6.45) is 4.53. The highest BCUT2D eigenvalue weighted by Crippen LogP contribution is 2.37. The predicted octanol–water partition coefficient (Wildman–Crippen LogP) is 3.21. The fraction of sp³-hybridized carbons (Fsp3) is 0.100. The van der Waals surface area contributed by atoms with Crippen molar-refractivity contribution in [3.8, 4) is 0 Å². The van der Waals surface area contributed by atoms with Crippen molar-refractivity contribution in [2.75, 3.05) is 6.67 Å². The van der Waals surface area contributed by atoms with Gasteiger partial charge < -0.3 is 0 Å². The lowest BCUT2D eigenvalue weighted by atomic mass is 9.82. The topological polar surface area (TPSA) is 24.7 Å². The first-order valence-electron chi connectivity index (χ1n) is 7.59. The van der Waals surface area contributed by atoms with Gasteiger partial charge in [-0.15, -0.1) is 0 Å². The first-order chi connectivity index (χ1) is 10.9. The number of allylic oxidation sites excluding steroid dienone is 1. The van der Waals surface area contributed by atoms with E-state index in [2.05, 4.69) is 76.7 Å². The smallest absolute Gasteiger partial charge is 0.130 e. The third-order valence-electron chi connectivity index (χ3n) is 4.62. The molecule has 3 aromatic rings. The number of hydrogen-bond donors (Lipinski definition) is 0. The SMILES string of the molecule is C1=CC(c2cccc3c2=NCN=3)c2cccc3cccc1c23. The predicted molar refractivity (Wildman–Crippen MR) is 88.4 cm³/mol. The lowest BCUT2D eigenvalue weighted by molar-refractivity contribution is 0.992. The van der Waals surface area contributed by atoms with Gasteiger partial charge in [0.1, 0.15) is 6.67 Å². The molecule has 0 N–H and O–H groups in total. The standard InChI is InChI=1S/C20H14N2/c1-4-13-6-2-7-16-15(11-10-14(5-1)19(13)16)17-8-3-9-18-20(17)22-12-21-18/h1-11,15H,12H2. The second kappa shape index (κ2) is 4.38. The summed E-state index contributed by atoms with van der Waals surface area (Å²) in [6.45, 7) is 0.559. The Bertz CT molecular complexity index is 1060. The summed E-state index contributed by atoms with van der Waals surface area (Å²) in [5.41, 5.74) is 3.93. The second-order valence-electron chi connectivity index (χ2n) is 5.80. The number of nitrogens with zero attached hydrogens (tertiary/aromatic N) is 2. The van der Waals surface area contributed by atoms with Crippen LogP contribution in [0.1, 0.15) is 22.6 Å². The number of hydrogen-bond acceptors (Lipinski definition) is 2. The molecule has 0 aromatic heterocycles. The van der Waals surface area contributed by atoms with Crippen LogP contribution in [0.3, 0.4) is 0 Å². The van der Waals surface area contributed by atoms with Crippen LogP contribution in [0.5, 0.6) is 0 Å². The van der Waals surface area contributed by atoms with Gasteiger partial charge in [0.25, 0.3) is 0 Å². The number of benzene rings is 3. The fourth-order valence-corrected chi connectivity index (χ4v) is 3.65. The van der Waals surface area contributed by atoms with E-state index in [1.54, 1.807) is 0 Å². The van der Waals surface area contributed by atoms with Gasteiger partial charge >= 0.3 is 0 Å². The highest BCUT2D eigenvalue weighted by Gasteiger charge is 2.21. The Morgan fingerprint density at radius 3 is 2.59 bits per heavy atom. The molecule has 0 saturated carbocycles. The molecule has 0 saturated heterocycles. The molecule has 1 aliphatic carbocycles.